The van der Waals surface area contributed by atoms with Crippen LogP contribution in [-0.4, -0.2) is 9.97 Å². The third-order valence-electron chi connectivity index (χ3n) is 3.85. The molecule has 6 rings (SSSR count). The highest BCUT2D eigenvalue weighted by atomic mass is 32.1. The van der Waals surface area contributed by atoms with Gasteiger partial charge in [0.15, 0.2) is 0 Å². The fourth-order valence-corrected chi connectivity index (χ4v) is 3.39. The number of nitrogens with one attached hydrogen (secondary N) is 1. The summed E-state index contributed by atoms with van der Waals surface area (Å²) in [5.41, 5.74) is 4.22. The second-order valence-corrected chi connectivity index (χ2v) is 7.41. The quantitative estimate of drug-likeness (QED) is 0.269. The SMILES string of the molecule is c1ccc2c(c1)[nH]c1ccccc12.c1ccccc1.c1ccsc1.c1cscn1. The van der Waals surface area contributed by atoms with Gasteiger partial charge in [-0.05, 0) is 22.9 Å². The first kappa shape index (κ1) is 20.5. The van der Waals surface area contributed by atoms with Crippen LogP contribution in [0.1, 0.15) is 0 Å². The molecular weight excluding hydrogens is 392 g/mol. The Hall–Kier alpha value is -3.21. The highest BCUT2D eigenvalue weighted by Crippen LogP contribution is 2.24. The lowest BCUT2D eigenvalue weighted by molar-refractivity contribution is 1.43. The van der Waals surface area contributed by atoms with Crippen LogP contribution in [0.25, 0.3) is 21.8 Å². The highest BCUT2D eigenvalue weighted by molar-refractivity contribution is 7.07. The second kappa shape index (κ2) is 12.3. The molecule has 0 fully saturated rings. The van der Waals surface area contributed by atoms with E-state index in [1.165, 1.54) is 21.8 Å². The molecule has 144 valence electrons. The summed E-state index contributed by atoms with van der Waals surface area (Å²) >= 11 is 3.31. The van der Waals surface area contributed by atoms with E-state index in [1.54, 1.807) is 34.4 Å². The third-order valence-corrected chi connectivity index (χ3v) is 5.00. The van der Waals surface area contributed by atoms with E-state index in [4.69, 9.17) is 0 Å². The fraction of sp³-hybridized carbons (Fsp3) is 0. The molecule has 6 aromatic rings. The minimum Gasteiger partial charge on any atom is -0.355 e. The van der Waals surface area contributed by atoms with E-state index in [-0.39, 0.29) is 0 Å². The zero-order chi connectivity index (χ0) is 20.0. The first-order valence-electron chi connectivity index (χ1n) is 9.20. The van der Waals surface area contributed by atoms with Gasteiger partial charge in [-0.1, -0.05) is 84.9 Å². The first-order chi connectivity index (χ1) is 14.4. The molecule has 29 heavy (non-hydrogen) atoms. The summed E-state index contributed by atoms with van der Waals surface area (Å²) < 4.78 is 0. The minimum atomic E-state index is 1.21. The maximum absolute atomic E-state index is 3.74. The molecule has 0 aliphatic rings. The minimum absolute atomic E-state index is 1.21. The average Bonchev–Trinajstić information content (AvgIpc) is 3.60. The second-order valence-electron chi connectivity index (χ2n) is 5.84. The van der Waals surface area contributed by atoms with Gasteiger partial charge >= 0.3 is 0 Å². The molecule has 0 aliphatic carbocycles. The van der Waals surface area contributed by atoms with Crippen LogP contribution < -0.4 is 0 Å². The molecule has 0 amide bonds. The monoisotopic (exact) mass is 414 g/mol. The van der Waals surface area contributed by atoms with Crippen molar-refractivity contribution >= 4 is 44.5 Å². The van der Waals surface area contributed by atoms with E-state index in [2.05, 4.69) is 58.5 Å². The van der Waals surface area contributed by atoms with Crippen molar-refractivity contribution in [3.8, 4) is 0 Å². The van der Waals surface area contributed by atoms with Crippen LogP contribution in [0, 0.1) is 0 Å². The van der Waals surface area contributed by atoms with E-state index in [9.17, 15) is 0 Å². The Labute approximate surface area is 179 Å². The summed E-state index contributed by atoms with van der Waals surface area (Å²) in [6.45, 7) is 0. The zero-order valence-electron chi connectivity index (χ0n) is 15.9. The predicted molar refractivity (Wildman–Crippen MR) is 129 cm³/mol. The number of aromatic amines is 1. The van der Waals surface area contributed by atoms with Gasteiger partial charge in [-0.2, -0.15) is 11.3 Å². The number of thiophene rings is 1. The number of H-pyrrole nitrogens is 1. The molecule has 0 bridgehead atoms. The maximum Gasteiger partial charge on any atom is 0.0791 e. The normalized spacial score (nSPS) is 9.38. The number of hydrogen-bond acceptors (Lipinski definition) is 3. The Morgan fingerprint density at radius 3 is 1.38 bits per heavy atom. The van der Waals surface area contributed by atoms with Gasteiger partial charge in [0.1, 0.15) is 0 Å². The maximum atomic E-state index is 3.74. The molecule has 0 radical (unpaired) electrons. The average molecular weight is 415 g/mol. The number of benzene rings is 3. The molecular formula is C25H22N2S2. The van der Waals surface area contributed by atoms with Gasteiger partial charge in [-0.25, -0.2) is 0 Å². The number of fused-ring (bicyclic) bond motifs is 3. The molecule has 2 nitrogen and oxygen atoms in total. The molecule has 0 aliphatic heterocycles. The lowest BCUT2D eigenvalue weighted by Crippen LogP contribution is -1.62. The lowest BCUT2D eigenvalue weighted by atomic mass is 10.2. The molecule has 0 saturated heterocycles. The van der Waals surface area contributed by atoms with Crippen LogP contribution in [0.5, 0.6) is 0 Å². The number of nitrogens with zero attached hydrogens (tertiary/aromatic N) is 1. The van der Waals surface area contributed by atoms with Crippen LogP contribution in [-0.2, 0) is 0 Å². The van der Waals surface area contributed by atoms with Gasteiger partial charge in [0.2, 0.25) is 0 Å². The molecule has 3 heterocycles. The van der Waals surface area contributed by atoms with Crippen LogP contribution in [0.15, 0.2) is 125 Å². The van der Waals surface area contributed by atoms with Crippen molar-refractivity contribution in [2.75, 3.05) is 0 Å². The van der Waals surface area contributed by atoms with Gasteiger partial charge in [-0.3, -0.25) is 4.98 Å². The molecule has 1 N–H and O–H groups in total. The predicted octanol–water partition coefficient (Wildman–Crippen LogP) is 7.90. The van der Waals surface area contributed by atoms with E-state index < -0.39 is 0 Å². The lowest BCUT2D eigenvalue weighted by Gasteiger charge is -1.87. The fourth-order valence-electron chi connectivity index (χ4n) is 2.59. The van der Waals surface area contributed by atoms with Gasteiger partial charge in [0.05, 0.1) is 5.51 Å². The molecule has 0 spiro atoms. The van der Waals surface area contributed by atoms with Gasteiger partial charge in [0, 0.05) is 33.4 Å². The third kappa shape index (κ3) is 7.03. The topological polar surface area (TPSA) is 28.7 Å². The summed E-state index contributed by atoms with van der Waals surface area (Å²) in [4.78, 5) is 7.12. The number of para-hydroxylation sites is 2. The van der Waals surface area contributed by atoms with E-state index in [1.807, 2.05) is 64.7 Å². The first-order valence-corrected chi connectivity index (χ1v) is 11.1. The van der Waals surface area contributed by atoms with Crippen molar-refractivity contribution in [2.24, 2.45) is 0 Å². The summed E-state index contributed by atoms with van der Waals surface area (Å²) in [6, 6.07) is 32.8. The number of thiazole rings is 1. The van der Waals surface area contributed by atoms with Crippen molar-refractivity contribution in [2.45, 2.75) is 0 Å². The smallest absolute Gasteiger partial charge is 0.0791 e. The number of aromatic nitrogens is 2. The van der Waals surface area contributed by atoms with E-state index in [0.717, 1.165) is 0 Å². The van der Waals surface area contributed by atoms with Crippen molar-refractivity contribution < 1.29 is 0 Å². The highest BCUT2D eigenvalue weighted by Gasteiger charge is 2.00. The molecule has 0 atom stereocenters. The van der Waals surface area contributed by atoms with Crippen LogP contribution in [0.2, 0.25) is 0 Å². The molecule has 3 aromatic heterocycles. The Bertz CT molecular complexity index is 1010. The zero-order valence-corrected chi connectivity index (χ0v) is 17.5. The van der Waals surface area contributed by atoms with Gasteiger partial charge < -0.3 is 4.98 Å². The standard InChI is InChI=1S/C12H9N.C6H6.C4H4S.C3H3NS/c1-3-7-11-9(5-1)10-6-2-4-8-12(10)13-11;1-2-4-6-5-3-1;1-2-4-5-3-1;1-2-5-3-4-1/h1-8,13H;1-6H;1-4H;1-3H. The largest absolute Gasteiger partial charge is 0.355 e. The van der Waals surface area contributed by atoms with Gasteiger partial charge in [0.25, 0.3) is 0 Å². The van der Waals surface area contributed by atoms with E-state index in [0.29, 0.717) is 0 Å². The molecule has 0 saturated carbocycles. The summed E-state index contributed by atoms with van der Waals surface area (Å²) in [6.07, 6.45) is 1.77. The Kier molecular flexibility index (Phi) is 8.70. The van der Waals surface area contributed by atoms with Crippen LogP contribution in [0.4, 0.5) is 0 Å². The van der Waals surface area contributed by atoms with Gasteiger partial charge in [-0.15, -0.1) is 11.3 Å². The van der Waals surface area contributed by atoms with Crippen molar-refractivity contribution in [3.63, 3.8) is 0 Å². The van der Waals surface area contributed by atoms with Crippen LogP contribution in [0.3, 0.4) is 0 Å². The van der Waals surface area contributed by atoms with Crippen molar-refractivity contribution in [1.82, 2.24) is 9.97 Å². The van der Waals surface area contributed by atoms with E-state index >= 15 is 0 Å². The summed E-state index contributed by atoms with van der Waals surface area (Å²) in [5, 5.41) is 8.62. The number of rotatable bonds is 0. The molecule has 0 unspecified atom stereocenters. The summed E-state index contributed by atoms with van der Waals surface area (Å²) in [7, 11) is 0. The molecule has 3 aromatic carbocycles. The Morgan fingerprint density at radius 1 is 0.517 bits per heavy atom. The summed E-state index contributed by atoms with van der Waals surface area (Å²) in [5.74, 6) is 0. The Balaban J connectivity index is 0.000000125. The Morgan fingerprint density at radius 2 is 1.03 bits per heavy atom. The number of hydrogen-bond donors (Lipinski definition) is 1. The molecule has 4 heteroatoms. The van der Waals surface area contributed by atoms with Crippen LogP contribution >= 0.6 is 22.7 Å². The van der Waals surface area contributed by atoms with Crippen molar-refractivity contribution in [1.29, 1.82) is 0 Å². The van der Waals surface area contributed by atoms with Crippen molar-refractivity contribution in [3.05, 3.63) is 125 Å².